The largest absolute Gasteiger partial charge is 0.322 e. The second-order valence-corrected chi connectivity index (χ2v) is 4.34. The van der Waals surface area contributed by atoms with Gasteiger partial charge in [-0.05, 0) is 36.9 Å². The van der Waals surface area contributed by atoms with Gasteiger partial charge in [0.2, 0.25) is 0 Å². The van der Waals surface area contributed by atoms with E-state index in [2.05, 4.69) is 31.2 Å². The van der Waals surface area contributed by atoms with Gasteiger partial charge in [0.1, 0.15) is 0 Å². The van der Waals surface area contributed by atoms with Crippen molar-refractivity contribution >= 4 is 17.0 Å². The molecule has 2 rings (SSSR count). The molecule has 1 unspecified atom stereocenters. The van der Waals surface area contributed by atoms with Gasteiger partial charge in [0.15, 0.2) is 0 Å². The topological polar surface area (TPSA) is 20.3 Å². The third kappa shape index (κ3) is 2.15. The lowest BCUT2D eigenvalue weighted by atomic mass is 10.0. The number of benzene rings is 1. The van der Waals surface area contributed by atoms with E-state index in [1.807, 2.05) is 0 Å². The summed E-state index contributed by atoms with van der Waals surface area (Å²) in [6.07, 6.45) is 2.05. The average molecular weight is 224 g/mol. The van der Waals surface area contributed by atoms with Gasteiger partial charge in [0.25, 0.3) is 0 Å². The molecular weight excluding hydrogens is 210 g/mol. The van der Waals surface area contributed by atoms with Crippen LogP contribution in [0.2, 0.25) is 0 Å². The minimum atomic E-state index is -0.335. The Kier molecular flexibility index (Phi) is 2.96. The highest BCUT2D eigenvalue weighted by Gasteiger charge is 2.28. The lowest BCUT2D eigenvalue weighted by molar-refractivity contribution is 0.217. The number of hydrogen-bond acceptors (Lipinski definition) is 1. The molecule has 0 spiro atoms. The maximum atomic E-state index is 11.2. The first-order valence-electron chi connectivity index (χ1n) is 5.21. The number of aryl methyl sites for hydroxylation is 1. The molecule has 1 aromatic rings. The lowest BCUT2D eigenvalue weighted by Gasteiger charge is -2.22. The monoisotopic (exact) mass is 223 g/mol. The second kappa shape index (κ2) is 4.23. The number of carbonyl (C=O) groups excluding carboxylic acids is 1. The molecule has 1 heterocycles. The summed E-state index contributed by atoms with van der Waals surface area (Å²) < 4.78 is 0. The SMILES string of the molecule is Cc1ccc(C2CCCN2C(=O)Cl)cc1. The molecule has 1 atom stereocenters. The number of amides is 1. The van der Waals surface area contributed by atoms with Gasteiger partial charge < -0.3 is 4.90 Å². The molecule has 0 aliphatic carbocycles. The molecule has 1 amide bonds. The molecule has 3 heteroatoms. The number of halogens is 1. The molecule has 1 aromatic carbocycles. The van der Waals surface area contributed by atoms with Crippen molar-refractivity contribution in [2.45, 2.75) is 25.8 Å². The normalized spacial score (nSPS) is 20.7. The van der Waals surface area contributed by atoms with E-state index in [9.17, 15) is 4.79 Å². The number of nitrogens with zero attached hydrogens (tertiary/aromatic N) is 1. The lowest BCUT2D eigenvalue weighted by Crippen LogP contribution is -2.25. The van der Waals surface area contributed by atoms with E-state index >= 15 is 0 Å². The summed E-state index contributed by atoms with van der Waals surface area (Å²) in [5, 5.41) is -0.335. The van der Waals surface area contributed by atoms with Crippen molar-refractivity contribution < 1.29 is 4.79 Å². The molecule has 0 saturated carbocycles. The summed E-state index contributed by atoms with van der Waals surface area (Å²) in [4.78, 5) is 12.9. The van der Waals surface area contributed by atoms with Crippen molar-refractivity contribution in [3.63, 3.8) is 0 Å². The summed E-state index contributed by atoms with van der Waals surface area (Å²) in [5.41, 5.74) is 2.42. The molecule has 0 radical (unpaired) electrons. The molecular formula is C12H14ClNO. The number of hydrogen-bond donors (Lipinski definition) is 0. The minimum Gasteiger partial charge on any atom is -0.322 e. The molecule has 0 bridgehead atoms. The Labute approximate surface area is 94.8 Å². The van der Waals surface area contributed by atoms with Gasteiger partial charge in [-0.15, -0.1) is 0 Å². The van der Waals surface area contributed by atoms with Crippen LogP contribution in [0.25, 0.3) is 0 Å². The van der Waals surface area contributed by atoms with Gasteiger partial charge in [-0.1, -0.05) is 29.8 Å². The molecule has 1 fully saturated rings. The molecule has 0 aromatic heterocycles. The molecule has 1 aliphatic rings. The van der Waals surface area contributed by atoms with Crippen LogP contribution in [0.3, 0.4) is 0 Å². The van der Waals surface area contributed by atoms with Crippen LogP contribution in [0.5, 0.6) is 0 Å². The first kappa shape index (κ1) is 10.5. The van der Waals surface area contributed by atoms with Crippen molar-refractivity contribution in [2.24, 2.45) is 0 Å². The number of carbonyl (C=O) groups is 1. The molecule has 80 valence electrons. The highest BCUT2D eigenvalue weighted by Crippen LogP contribution is 2.32. The second-order valence-electron chi connectivity index (χ2n) is 4.02. The highest BCUT2D eigenvalue weighted by atomic mass is 35.5. The van der Waals surface area contributed by atoms with Crippen LogP contribution in [0.4, 0.5) is 4.79 Å². The summed E-state index contributed by atoms with van der Waals surface area (Å²) in [5.74, 6) is 0. The fourth-order valence-electron chi connectivity index (χ4n) is 2.11. The first-order valence-corrected chi connectivity index (χ1v) is 5.59. The Morgan fingerprint density at radius 2 is 2.07 bits per heavy atom. The molecule has 15 heavy (non-hydrogen) atoms. The third-order valence-corrected chi connectivity index (χ3v) is 3.16. The molecule has 1 aliphatic heterocycles. The summed E-state index contributed by atoms with van der Waals surface area (Å²) >= 11 is 5.55. The van der Waals surface area contributed by atoms with E-state index in [1.165, 1.54) is 11.1 Å². The van der Waals surface area contributed by atoms with Crippen LogP contribution in [0.1, 0.15) is 30.0 Å². The number of likely N-dealkylation sites (tertiary alicyclic amines) is 1. The van der Waals surface area contributed by atoms with Gasteiger partial charge >= 0.3 is 5.37 Å². The van der Waals surface area contributed by atoms with Gasteiger partial charge in [0.05, 0.1) is 6.04 Å². The van der Waals surface area contributed by atoms with Crippen molar-refractivity contribution in [1.82, 2.24) is 4.90 Å². The fourth-order valence-corrected chi connectivity index (χ4v) is 2.31. The Hall–Kier alpha value is -1.02. The zero-order valence-electron chi connectivity index (χ0n) is 8.74. The van der Waals surface area contributed by atoms with E-state index in [0.29, 0.717) is 0 Å². The van der Waals surface area contributed by atoms with Gasteiger partial charge in [-0.2, -0.15) is 0 Å². The van der Waals surface area contributed by atoms with Crippen molar-refractivity contribution in [3.05, 3.63) is 35.4 Å². The minimum absolute atomic E-state index is 0.176. The van der Waals surface area contributed by atoms with E-state index < -0.39 is 0 Å². The zero-order valence-corrected chi connectivity index (χ0v) is 9.50. The maximum absolute atomic E-state index is 11.2. The average Bonchev–Trinajstić information content (AvgIpc) is 2.67. The third-order valence-electron chi connectivity index (χ3n) is 2.94. The Bertz CT molecular complexity index is 360. The predicted molar refractivity (Wildman–Crippen MR) is 61.1 cm³/mol. The van der Waals surface area contributed by atoms with Gasteiger partial charge in [-0.3, -0.25) is 4.79 Å². The molecule has 1 saturated heterocycles. The molecule has 0 N–H and O–H groups in total. The first-order chi connectivity index (χ1) is 7.18. The summed E-state index contributed by atoms with van der Waals surface area (Å²) in [6, 6.07) is 8.49. The Morgan fingerprint density at radius 3 is 2.67 bits per heavy atom. The predicted octanol–water partition coefficient (Wildman–Crippen LogP) is 3.49. The van der Waals surface area contributed by atoms with Crippen molar-refractivity contribution in [3.8, 4) is 0 Å². The van der Waals surface area contributed by atoms with Gasteiger partial charge in [0, 0.05) is 6.54 Å². The van der Waals surface area contributed by atoms with E-state index in [4.69, 9.17) is 11.6 Å². The highest BCUT2D eigenvalue weighted by molar-refractivity contribution is 6.62. The van der Waals surface area contributed by atoms with Crippen molar-refractivity contribution in [2.75, 3.05) is 6.54 Å². The van der Waals surface area contributed by atoms with Crippen LogP contribution in [0, 0.1) is 6.92 Å². The standard InChI is InChI=1S/C12H14ClNO/c1-9-4-6-10(7-5-9)11-3-2-8-14(11)12(13)15/h4-7,11H,2-3,8H2,1H3. The van der Waals surface area contributed by atoms with E-state index in [0.717, 1.165) is 19.4 Å². The smallest absolute Gasteiger partial charge is 0.316 e. The van der Waals surface area contributed by atoms with Crippen LogP contribution in [-0.2, 0) is 0 Å². The van der Waals surface area contributed by atoms with Crippen LogP contribution >= 0.6 is 11.6 Å². The summed E-state index contributed by atoms with van der Waals surface area (Å²) in [6.45, 7) is 2.84. The van der Waals surface area contributed by atoms with Crippen LogP contribution in [0.15, 0.2) is 24.3 Å². The van der Waals surface area contributed by atoms with E-state index in [-0.39, 0.29) is 11.4 Å². The van der Waals surface area contributed by atoms with Crippen LogP contribution in [-0.4, -0.2) is 16.8 Å². The van der Waals surface area contributed by atoms with Crippen molar-refractivity contribution in [1.29, 1.82) is 0 Å². The fraction of sp³-hybridized carbons (Fsp3) is 0.417. The van der Waals surface area contributed by atoms with E-state index in [1.54, 1.807) is 4.90 Å². The van der Waals surface area contributed by atoms with Crippen LogP contribution < -0.4 is 0 Å². The van der Waals surface area contributed by atoms with Gasteiger partial charge in [-0.25, -0.2) is 0 Å². The maximum Gasteiger partial charge on any atom is 0.316 e. The Morgan fingerprint density at radius 1 is 1.40 bits per heavy atom. The number of rotatable bonds is 1. The quantitative estimate of drug-likeness (QED) is 0.527. The zero-order chi connectivity index (χ0) is 10.8. The Balaban J connectivity index is 2.22. The molecule has 2 nitrogen and oxygen atoms in total. The summed E-state index contributed by atoms with van der Waals surface area (Å²) in [7, 11) is 0.